The summed E-state index contributed by atoms with van der Waals surface area (Å²) >= 11 is 0. The van der Waals surface area contributed by atoms with Crippen LogP contribution in [-0.4, -0.2) is 61.7 Å². The molecule has 0 aromatic heterocycles. The van der Waals surface area contributed by atoms with Gasteiger partial charge in [0.1, 0.15) is 5.54 Å². The van der Waals surface area contributed by atoms with Gasteiger partial charge in [0.25, 0.3) is 0 Å². The molecule has 0 aromatic rings. The lowest BCUT2D eigenvalue weighted by atomic mass is 9.92. The number of nitriles is 1. The first-order chi connectivity index (χ1) is 9.19. The molecule has 4 heteroatoms. The van der Waals surface area contributed by atoms with E-state index in [0.717, 1.165) is 25.8 Å². The molecule has 1 aliphatic rings. The average molecular weight is 266 g/mol. The van der Waals surface area contributed by atoms with Gasteiger partial charge in [0.05, 0.1) is 6.07 Å². The van der Waals surface area contributed by atoms with Gasteiger partial charge in [-0.05, 0) is 45.8 Å². The van der Waals surface area contributed by atoms with E-state index in [4.69, 9.17) is 0 Å². The first kappa shape index (κ1) is 16.4. The molecule has 0 bridgehead atoms. The largest absolute Gasteiger partial charge is 0.302 e. The molecule has 1 fully saturated rings. The maximum atomic E-state index is 9.27. The third-order valence-corrected chi connectivity index (χ3v) is 4.38. The summed E-state index contributed by atoms with van der Waals surface area (Å²) in [5.74, 6) is 0. The van der Waals surface area contributed by atoms with Gasteiger partial charge in [-0.25, -0.2) is 0 Å². The van der Waals surface area contributed by atoms with Gasteiger partial charge in [0.2, 0.25) is 0 Å². The molecule has 1 unspecified atom stereocenters. The van der Waals surface area contributed by atoms with E-state index in [0.29, 0.717) is 0 Å². The van der Waals surface area contributed by atoms with Crippen molar-refractivity contribution in [1.82, 2.24) is 15.1 Å². The van der Waals surface area contributed by atoms with Crippen LogP contribution in [-0.2, 0) is 0 Å². The van der Waals surface area contributed by atoms with E-state index >= 15 is 0 Å². The summed E-state index contributed by atoms with van der Waals surface area (Å²) in [7, 11) is 1.90. The second-order valence-corrected chi connectivity index (χ2v) is 5.58. The Labute approximate surface area is 118 Å². The van der Waals surface area contributed by atoms with Crippen molar-refractivity contribution in [3.8, 4) is 6.07 Å². The molecule has 0 aliphatic carbocycles. The summed E-state index contributed by atoms with van der Waals surface area (Å²) < 4.78 is 0. The summed E-state index contributed by atoms with van der Waals surface area (Å²) in [5, 5.41) is 12.5. The zero-order valence-electron chi connectivity index (χ0n) is 12.9. The lowest BCUT2D eigenvalue weighted by molar-refractivity contribution is 0.129. The topological polar surface area (TPSA) is 42.3 Å². The van der Waals surface area contributed by atoms with E-state index in [9.17, 15) is 5.26 Å². The predicted octanol–water partition coefficient (Wildman–Crippen LogP) is 1.69. The lowest BCUT2D eigenvalue weighted by Crippen LogP contribution is -2.47. The molecule has 0 spiro atoms. The summed E-state index contributed by atoms with van der Waals surface area (Å²) in [5.41, 5.74) is -0.315. The van der Waals surface area contributed by atoms with Crippen LogP contribution in [0.25, 0.3) is 0 Å². The first-order valence-electron chi connectivity index (χ1n) is 7.74. The Morgan fingerprint density at radius 1 is 1.11 bits per heavy atom. The van der Waals surface area contributed by atoms with Crippen LogP contribution < -0.4 is 5.32 Å². The van der Waals surface area contributed by atoms with Gasteiger partial charge in [-0.1, -0.05) is 13.8 Å². The smallest absolute Gasteiger partial charge is 0.106 e. The number of hydrogen-bond acceptors (Lipinski definition) is 4. The Morgan fingerprint density at radius 2 is 1.68 bits per heavy atom. The van der Waals surface area contributed by atoms with Crippen LogP contribution >= 0.6 is 0 Å². The van der Waals surface area contributed by atoms with Crippen molar-refractivity contribution in [3.05, 3.63) is 0 Å². The normalized spacial score (nSPS) is 20.9. The number of nitrogens with zero attached hydrogens (tertiary/aromatic N) is 3. The Morgan fingerprint density at radius 3 is 2.11 bits per heavy atom. The SMILES string of the molecule is CCCN1CCN(CCCC(C#N)(CC)NC)CC1. The lowest BCUT2D eigenvalue weighted by Gasteiger charge is -2.35. The quantitative estimate of drug-likeness (QED) is 0.726. The van der Waals surface area contributed by atoms with Crippen molar-refractivity contribution in [2.75, 3.05) is 46.3 Å². The number of piperazine rings is 1. The zero-order valence-corrected chi connectivity index (χ0v) is 12.9. The van der Waals surface area contributed by atoms with Gasteiger partial charge >= 0.3 is 0 Å². The molecule has 1 saturated heterocycles. The van der Waals surface area contributed by atoms with Crippen molar-refractivity contribution in [2.45, 2.75) is 45.1 Å². The van der Waals surface area contributed by atoms with E-state index in [2.05, 4.69) is 35.0 Å². The molecule has 0 saturated carbocycles. The van der Waals surface area contributed by atoms with E-state index in [-0.39, 0.29) is 5.54 Å². The van der Waals surface area contributed by atoms with Gasteiger partial charge in [-0.2, -0.15) is 5.26 Å². The van der Waals surface area contributed by atoms with E-state index in [1.807, 2.05) is 7.05 Å². The minimum atomic E-state index is -0.315. The van der Waals surface area contributed by atoms with Gasteiger partial charge in [-0.3, -0.25) is 0 Å². The second kappa shape index (κ2) is 8.52. The van der Waals surface area contributed by atoms with Crippen LogP contribution in [0.1, 0.15) is 39.5 Å². The minimum Gasteiger partial charge on any atom is -0.302 e. The molecule has 0 amide bonds. The van der Waals surface area contributed by atoms with E-state index < -0.39 is 0 Å². The molecule has 1 atom stereocenters. The maximum Gasteiger partial charge on any atom is 0.106 e. The number of nitrogens with one attached hydrogen (secondary N) is 1. The molecule has 1 N–H and O–H groups in total. The fraction of sp³-hybridized carbons (Fsp3) is 0.933. The summed E-state index contributed by atoms with van der Waals surface area (Å²) in [4.78, 5) is 5.09. The Balaban J connectivity index is 2.22. The molecule has 0 aromatic carbocycles. The van der Waals surface area contributed by atoms with Crippen molar-refractivity contribution in [3.63, 3.8) is 0 Å². The highest BCUT2D eigenvalue weighted by molar-refractivity contribution is 5.05. The predicted molar refractivity (Wildman–Crippen MR) is 80.1 cm³/mol. The van der Waals surface area contributed by atoms with Crippen molar-refractivity contribution in [1.29, 1.82) is 5.26 Å². The third-order valence-electron chi connectivity index (χ3n) is 4.38. The fourth-order valence-corrected chi connectivity index (χ4v) is 2.83. The van der Waals surface area contributed by atoms with Gasteiger partial charge in [-0.15, -0.1) is 0 Å². The van der Waals surface area contributed by atoms with Gasteiger partial charge in [0.15, 0.2) is 0 Å². The molecular formula is C15H30N4. The van der Waals surface area contributed by atoms with Crippen LogP contribution in [0.2, 0.25) is 0 Å². The van der Waals surface area contributed by atoms with Crippen molar-refractivity contribution < 1.29 is 0 Å². The van der Waals surface area contributed by atoms with Crippen LogP contribution in [0, 0.1) is 11.3 Å². The molecule has 1 aliphatic heterocycles. The molecule has 110 valence electrons. The molecule has 0 radical (unpaired) electrons. The van der Waals surface area contributed by atoms with E-state index in [1.165, 1.54) is 39.1 Å². The molecule has 4 nitrogen and oxygen atoms in total. The third kappa shape index (κ3) is 5.10. The van der Waals surface area contributed by atoms with Crippen molar-refractivity contribution in [2.24, 2.45) is 0 Å². The highest BCUT2D eigenvalue weighted by Crippen LogP contribution is 2.16. The Kier molecular flexibility index (Phi) is 7.37. The Bertz CT molecular complexity index is 272. The molecule has 1 rings (SSSR count). The molecular weight excluding hydrogens is 236 g/mol. The zero-order chi connectivity index (χ0) is 14.1. The second-order valence-electron chi connectivity index (χ2n) is 5.58. The van der Waals surface area contributed by atoms with Crippen molar-refractivity contribution >= 4 is 0 Å². The summed E-state index contributed by atoms with van der Waals surface area (Å²) in [6.45, 7) is 11.5. The highest BCUT2D eigenvalue weighted by Gasteiger charge is 2.25. The highest BCUT2D eigenvalue weighted by atomic mass is 15.3. The summed E-state index contributed by atoms with van der Waals surface area (Å²) in [6, 6.07) is 2.44. The average Bonchev–Trinajstić information content (AvgIpc) is 2.46. The number of hydrogen-bond donors (Lipinski definition) is 1. The fourth-order valence-electron chi connectivity index (χ4n) is 2.83. The van der Waals surface area contributed by atoms with Gasteiger partial charge in [0, 0.05) is 26.2 Å². The van der Waals surface area contributed by atoms with Crippen LogP contribution in [0.5, 0.6) is 0 Å². The van der Waals surface area contributed by atoms with Crippen LogP contribution in [0.4, 0.5) is 0 Å². The maximum absolute atomic E-state index is 9.27. The van der Waals surface area contributed by atoms with E-state index in [1.54, 1.807) is 0 Å². The van der Waals surface area contributed by atoms with Gasteiger partial charge < -0.3 is 15.1 Å². The summed E-state index contributed by atoms with van der Waals surface area (Å²) in [6.07, 6.45) is 4.19. The first-order valence-corrected chi connectivity index (χ1v) is 7.74. The molecule has 1 heterocycles. The Hall–Kier alpha value is -0.630. The number of rotatable bonds is 8. The monoisotopic (exact) mass is 266 g/mol. The standard InChI is InChI=1S/C15H30N4/c1-4-8-18-10-12-19(13-11-18)9-6-7-15(5-2,14-16)17-3/h17H,4-13H2,1-3H3. The van der Waals surface area contributed by atoms with Crippen LogP contribution in [0.15, 0.2) is 0 Å². The molecule has 19 heavy (non-hydrogen) atoms. The minimum absolute atomic E-state index is 0.315. The van der Waals surface area contributed by atoms with Crippen LogP contribution in [0.3, 0.4) is 0 Å².